The van der Waals surface area contributed by atoms with Gasteiger partial charge in [0.2, 0.25) is 0 Å². The number of halogens is 1. The molecule has 14 heavy (non-hydrogen) atoms. The summed E-state index contributed by atoms with van der Waals surface area (Å²) in [7, 11) is 2.26. The fourth-order valence-corrected chi connectivity index (χ4v) is 2.59. The fourth-order valence-electron chi connectivity index (χ4n) is 2.49. The molecule has 1 fully saturated rings. The van der Waals surface area contributed by atoms with Gasteiger partial charge in [0.15, 0.2) is 0 Å². The van der Waals surface area contributed by atoms with Gasteiger partial charge in [-0.05, 0) is 31.7 Å². The summed E-state index contributed by atoms with van der Waals surface area (Å²) in [5.41, 5.74) is 0. The molecule has 3 unspecified atom stereocenters. The highest BCUT2D eigenvalue weighted by Crippen LogP contribution is 2.26. The van der Waals surface area contributed by atoms with Gasteiger partial charge in [-0.25, -0.2) is 0 Å². The first kappa shape index (κ1) is 12.3. The van der Waals surface area contributed by atoms with Crippen molar-refractivity contribution >= 4 is 11.6 Å². The van der Waals surface area contributed by atoms with E-state index in [2.05, 4.69) is 25.8 Å². The Morgan fingerprint density at radius 1 is 1.43 bits per heavy atom. The Balaban J connectivity index is 2.31. The van der Waals surface area contributed by atoms with Gasteiger partial charge in [-0.3, -0.25) is 0 Å². The highest BCUT2D eigenvalue weighted by molar-refractivity contribution is 6.18. The largest absolute Gasteiger partial charge is 0.303 e. The summed E-state index contributed by atoms with van der Waals surface area (Å²) in [6, 6.07) is 0.810. The van der Waals surface area contributed by atoms with E-state index in [4.69, 9.17) is 11.6 Å². The van der Waals surface area contributed by atoms with E-state index < -0.39 is 0 Å². The summed E-state index contributed by atoms with van der Waals surface area (Å²) < 4.78 is 0. The first-order valence-corrected chi connectivity index (χ1v) is 6.43. The highest BCUT2D eigenvalue weighted by atomic mass is 35.5. The number of nitrogens with zero attached hydrogens (tertiary/aromatic N) is 1. The van der Waals surface area contributed by atoms with Gasteiger partial charge in [-0.1, -0.05) is 26.7 Å². The Kier molecular flexibility index (Phi) is 5.25. The van der Waals surface area contributed by atoms with E-state index in [1.165, 1.54) is 25.7 Å². The maximum Gasteiger partial charge on any atom is 0.0261 e. The lowest BCUT2D eigenvalue weighted by atomic mass is 9.86. The molecule has 84 valence electrons. The summed E-state index contributed by atoms with van der Waals surface area (Å²) in [5.74, 6) is 2.33. The van der Waals surface area contributed by atoms with Gasteiger partial charge < -0.3 is 4.90 Å². The zero-order chi connectivity index (χ0) is 10.6. The molecular weight excluding hydrogens is 194 g/mol. The molecular formula is C12H24ClN. The molecule has 0 N–H and O–H groups in total. The Labute approximate surface area is 93.8 Å². The maximum absolute atomic E-state index is 5.84. The molecule has 0 aromatic heterocycles. The number of alkyl halides is 1. The number of hydrogen-bond donors (Lipinski definition) is 0. The predicted molar refractivity (Wildman–Crippen MR) is 63.9 cm³/mol. The van der Waals surface area contributed by atoms with Crippen molar-refractivity contribution in [3.8, 4) is 0 Å². The van der Waals surface area contributed by atoms with Crippen LogP contribution < -0.4 is 0 Å². The average molecular weight is 218 g/mol. The Hall–Kier alpha value is 0.250. The second-order valence-electron chi connectivity index (χ2n) is 5.12. The molecule has 3 atom stereocenters. The van der Waals surface area contributed by atoms with E-state index in [0.717, 1.165) is 24.4 Å². The third-order valence-electron chi connectivity index (χ3n) is 3.40. The predicted octanol–water partition coefficient (Wildman–Crippen LogP) is 3.37. The molecule has 2 heteroatoms. The van der Waals surface area contributed by atoms with Gasteiger partial charge in [0, 0.05) is 18.5 Å². The zero-order valence-corrected chi connectivity index (χ0v) is 10.6. The third kappa shape index (κ3) is 3.78. The van der Waals surface area contributed by atoms with E-state index in [9.17, 15) is 0 Å². The van der Waals surface area contributed by atoms with Crippen LogP contribution in [0.2, 0.25) is 0 Å². The summed E-state index contributed by atoms with van der Waals surface area (Å²) in [6.07, 6.45) is 5.60. The smallest absolute Gasteiger partial charge is 0.0261 e. The minimum Gasteiger partial charge on any atom is -0.303 e. The SMILES string of the molecule is CC1CCCC(N(C)CC(C)CCl)C1. The van der Waals surface area contributed by atoms with Crippen molar-refractivity contribution in [2.45, 2.75) is 45.6 Å². The van der Waals surface area contributed by atoms with Crippen LogP contribution in [0.5, 0.6) is 0 Å². The van der Waals surface area contributed by atoms with E-state index in [0.29, 0.717) is 5.92 Å². The molecule has 1 aliphatic rings. The van der Waals surface area contributed by atoms with Crippen molar-refractivity contribution in [3.63, 3.8) is 0 Å². The van der Waals surface area contributed by atoms with Crippen LogP contribution in [0.3, 0.4) is 0 Å². The molecule has 0 spiro atoms. The Morgan fingerprint density at radius 3 is 2.71 bits per heavy atom. The standard InChI is InChI=1S/C12H24ClN/c1-10-5-4-6-12(7-10)14(3)9-11(2)8-13/h10-12H,4-9H2,1-3H3. The minimum absolute atomic E-state index is 0.624. The molecule has 0 bridgehead atoms. The summed E-state index contributed by atoms with van der Waals surface area (Å²) in [4.78, 5) is 2.52. The Bertz CT molecular complexity index is 160. The van der Waals surface area contributed by atoms with Crippen molar-refractivity contribution < 1.29 is 0 Å². The van der Waals surface area contributed by atoms with Crippen molar-refractivity contribution in [3.05, 3.63) is 0 Å². The first-order valence-electron chi connectivity index (χ1n) is 5.89. The van der Waals surface area contributed by atoms with Gasteiger partial charge in [0.05, 0.1) is 0 Å². The van der Waals surface area contributed by atoms with E-state index in [1.807, 2.05) is 0 Å². The van der Waals surface area contributed by atoms with Crippen LogP contribution in [0.15, 0.2) is 0 Å². The topological polar surface area (TPSA) is 3.24 Å². The maximum atomic E-state index is 5.84. The van der Waals surface area contributed by atoms with Crippen molar-refractivity contribution in [1.29, 1.82) is 0 Å². The molecule has 0 aromatic carbocycles. The molecule has 1 saturated carbocycles. The van der Waals surface area contributed by atoms with Crippen molar-refractivity contribution in [1.82, 2.24) is 4.90 Å². The van der Waals surface area contributed by atoms with E-state index in [1.54, 1.807) is 0 Å². The van der Waals surface area contributed by atoms with Crippen LogP contribution in [0.25, 0.3) is 0 Å². The van der Waals surface area contributed by atoms with Gasteiger partial charge in [0.25, 0.3) is 0 Å². The average Bonchev–Trinajstić information content (AvgIpc) is 2.17. The Morgan fingerprint density at radius 2 is 2.14 bits per heavy atom. The quantitative estimate of drug-likeness (QED) is 0.653. The zero-order valence-electron chi connectivity index (χ0n) is 9.80. The summed E-state index contributed by atoms with van der Waals surface area (Å²) >= 11 is 5.84. The lowest BCUT2D eigenvalue weighted by molar-refractivity contribution is 0.151. The van der Waals surface area contributed by atoms with Crippen LogP contribution in [-0.4, -0.2) is 30.4 Å². The number of hydrogen-bond acceptors (Lipinski definition) is 1. The van der Waals surface area contributed by atoms with Crippen LogP contribution in [0.4, 0.5) is 0 Å². The van der Waals surface area contributed by atoms with E-state index >= 15 is 0 Å². The fraction of sp³-hybridized carbons (Fsp3) is 1.00. The molecule has 0 aromatic rings. The molecule has 1 aliphatic carbocycles. The highest BCUT2D eigenvalue weighted by Gasteiger charge is 2.22. The third-order valence-corrected chi connectivity index (χ3v) is 3.92. The molecule has 0 heterocycles. The van der Waals surface area contributed by atoms with E-state index in [-0.39, 0.29) is 0 Å². The van der Waals surface area contributed by atoms with Crippen LogP contribution in [-0.2, 0) is 0 Å². The second kappa shape index (κ2) is 5.97. The van der Waals surface area contributed by atoms with Crippen molar-refractivity contribution in [2.75, 3.05) is 19.5 Å². The summed E-state index contributed by atoms with van der Waals surface area (Å²) in [5, 5.41) is 0. The normalized spacial score (nSPS) is 30.6. The number of rotatable bonds is 4. The van der Waals surface area contributed by atoms with Gasteiger partial charge in [0.1, 0.15) is 0 Å². The lowest BCUT2D eigenvalue weighted by Crippen LogP contribution is -2.38. The van der Waals surface area contributed by atoms with Crippen LogP contribution in [0, 0.1) is 11.8 Å². The van der Waals surface area contributed by atoms with Gasteiger partial charge in [-0.15, -0.1) is 11.6 Å². The van der Waals surface area contributed by atoms with Crippen molar-refractivity contribution in [2.24, 2.45) is 11.8 Å². The monoisotopic (exact) mass is 217 g/mol. The molecule has 0 amide bonds. The lowest BCUT2D eigenvalue weighted by Gasteiger charge is -2.35. The second-order valence-corrected chi connectivity index (χ2v) is 5.43. The van der Waals surface area contributed by atoms with Gasteiger partial charge >= 0.3 is 0 Å². The molecule has 0 radical (unpaired) electrons. The van der Waals surface area contributed by atoms with Crippen LogP contribution in [0.1, 0.15) is 39.5 Å². The molecule has 0 saturated heterocycles. The first-order chi connectivity index (χ1) is 6.63. The summed E-state index contributed by atoms with van der Waals surface area (Å²) in [6.45, 7) is 5.77. The minimum atomic E-state index is 0.624. The van der Waals surface area contributed by atoms with Gasteiger partial charge in [-0.2, -0.15) is 0 Å². The molecule has 0 aliphatic heterocycles. The molecule has 1 nitrogen and oxygen atoms in total. The van der Waals surface area contributed by atoms with Crippen LogP contribution >= 0.6 is 11.6 Å². The molecule has 1 rings (SSSR count).